The first-order valence-electron chi connectivity index (χ1n) is 10.6. The maximum atomic E-state index is 15.0. The number of oxazole rings is 1. The standard InChI is InChI=1S/C24H19F2N3O4S/c25-16-6-7-18(19(26)9-16)24-13-33-20(22-27-17(10-30)11-32-22)8-15(24)12-34-23(29-24)28-21(31)14-4-2-1-3-5-14/h1-7,9-11,15,20H,8,12-13H2,(H,28,29,31). The number of nitrogens with one attached hydrogen (secondary N) is 1. The summed E-state index contributed by atoms with van der Waals surface area (Å²) in [6, 6.07) is 12.0. The van der Waals surface area contributed by atoms with Gasteiger partial charge >= 0.3 is 0 Å². The van der Waals surface area contributed by atoms with Crippen molar-refractivity contribution in [3.8, 4) is 0 Å². The number of thioether (sulfide) groups is 1. The van der Waals surface area contributed by atoms with Gasteiger partial charge in [-0.05, 0) is 24.6 Å². The average Bonchev–Trinajstić information content (AvgIpc) is 3.33. The minimum atomic E-state index is -1.18. The fourth-order valence-electron chi connectivity index (χ4n) is 4.29. The van der Waals surface area contributed by atoms with Crippen LogP contribution in [0.15, 0.2) is 64.2 Å². The van der Waals surface area contributed by atoms with Crippen molar-refractivity contribution < 1.29 is 27.5 Å². The zero-order valence-corrected chi connectivity index (χ0v) is 18.6. The van der Waals surface area contributed by atoms with Crippen LogP contribution in [0.2, 0.25) is 0 Å². The van der Waals surface area contributed by atoms with E-state index in [1.165, 1.54) is 30.2 Å². The molecule has 1 N–H and O–H groups in total. The lowest BCUT2D eigenvalue weighted by Crippen LogP contribution is -2.49. The van der Waals surface area contributed by atoms with Gasteiger partial charge in [-0.3, -0.25) is 9.59 Å². The molecule has 174 valence electrons. The molecule has 3 heterocycles. The summed E-state index contributed by atoms with van der Waals surface area (Å²) in [7, 11) is 0. The Bertz CT molecular complexity index is 1270. The first kappa shape index (κ1) is 22.4. The molecule has 0 aliphatic carbocycles. The SMILES string of the molecule is O=Cc1coc(C2CC3CSC(NC(=O)c4ccccc4)=NC3(c3ccc(F)cc3F)CO2)n1. The monoisotopic (exact) mass is 483 g/mol. The molecule has 2 aliphatic rings. The number of nitrogens with zero attached hydrogens (tertiary/aromatic N) is 2. The van der Waals surface area contributed by atoms with Crippen LogP contribution in [0.4, 0.5) is 8.78 Å². The third-order valence-electron chi connectivity index (χ3n) is 5.99. The molecular formula is C24H19F2N3O4S. The summed E-state index contributed by atoms with van der Waals surface area (Å²) in [5.41, 5.74) is -0.379. The number of halogens is 2. The van der Waals surface area contributed by atoms with Crippen molar-refractivity contribution in [3.05, 3.63) is 89.1 Å². The number of carbonyl (C=O) groups excluding carboxylic acids is 2. The third-order valence-corrected chi connectivity index (χ3v) is 7.03. The van der Waals surface area contributed by atoms with Gasteiger partial charge in [0.1, 0.15) is 35.2 Å². The van der Waals surface area contributed by atoms with Gasteiger partial charge < -0.3 is 14.5 Å². The fourth-order valence-corrected chi connectivity index (χ4v) is 5.45. The number of hydrogen-bond donors (Lipinski definition) is 1. The summed E-state index contributed by atoms with van der Waals surface area (Å²) in [6.07, 6.45) is 1.66. The Hall–Kier alpha value is -3.37. The topological polar surface area (TPSA) is 93.8 Å². The van der Waals surface area contributed by atoms with Crippen LogP contribution in [0, 0.1) is 17.6 Å². The molecule has 1 fully saturated rings. The number of amidine groups is 1. The van der Waals surface area contributed by atoms with Gasteiger partial charge in [0.2, 0.25) is 5.89 Å². The van der Waals surface area contributed by atoms with E-state index >= 15 is 0 Å². The molecule has 2 aliphatic heterocycles. The zero-order valence-electron chi connectivity index (χ0n) is 17.7. The van der Waals surface area contributed by atoms with Crippen molar-refractivity contribution >= 4 is 29.1 Å². The summed E-state index contributed by atoms with van der Waals surface area (Å²) in [5.74, 6) is -1.26. The highest BCUT2D eigenvalue weighted by Crippen LogP contribution is 2.49. The lowest BCUT2D eigenvalue weighted by molar-refractivity contribution is -0.0698. The second-order valence-corrected chi connectivity index (χ2v) is 9.07. The Kier molecular flexibility index (Phi) is 6.01. The first-order chi connectivity index (χ1) is 16.5. The molecule has 5 rings (SSSR count). The van der Waals surface area contributed by atoms with E-state index in [4.69, 9.17) is 14.1 Å². The number of rotatable bonds is 4. The maximum absolute atomic E-state index is 15.0. The molecule has 1 saturated heterocycles. The van der Waals surface area contributed by atoms with E-state index in [1.807, 2.05) is 6.07 Å². The summed E-state index contributed by atoms with van der Waals surface area (Å²) in [4.78, 5) is 32.5. The van der Waals surface area contributed by atoms with Gasteiger partial charge in [-0.25, -0.2) is 18.8 Å². The van der Waals surface area contributed by atoms with Crippen molar-refractivity contribution in [3.63, 3.8) is 0 Å². The molecule has 0 radical (unpaired) electrons. The molecule has 0 spiro atoms. The van der Waals surface area contributed by atoms with Gasteiger partial charge in [0.15, 0.2) is 11.5 Å². The predicted molar refractivity (Wildman–Crippen MR) is 121 cm³/mol. The largest absolute Gasteiger partial charge is 0.445 e. The summed E-state index contributed by atoms with van der Waals surface area (Å²) >= 11 is 1.34. The Labute approximate surface area is 197 Å². The minimum Gasteiger partial charge on any atom is -0.445 e. The Morgan fingerprint density at radius 1 is 1.21 bits per heavy atom. The second-order valence-electron chi connectivity index (χ2n) is 8.06. The van der Waals surface area contributed by atoms with Crippen LogP contribution in [-0.4, -0.2) is 34.7 Å². The number of aliphatic imine (C=N–C) groups is 1. The number of aldehydes is 1. The Morgan fingerprint density at radius 2 is 2.03 bits per heavy atom. The van der Waals surface area contributed by atoms with E-state index in [0.29, 0.717) is 29.2 Å². The molecule has 10 heteroatoms. The quantitative estimate of drug-likeness (QED) is 0.557. The number of amides is 1. The summed E-state index contributed by atoms with van der Waals surface area (Å²) in [5, 5.41) is 3.13. The van der Waals surface area contributed by atoms with E-state index in [2.05, 4.69) is 10.3 Å². The van der Waals surface area contributed by atoms with Crippen LogP contribution in [-0.2, 0) is 10.3 Å². The highest BCUT2D eigenvalue weighted by Gasteiger charge is 2.50. The predicted octanol–water partition coefficient (Wildman–Crippen LogP) is 4.27. The number of hydrogen-bond acceptors (Lipinski definition) is 7. The average molecular weight is 483 g/mol. The van der Waals surface area contributed by atoms with Crippen LogP contribution in [0.1, 0.15) is 44.8 Å². The second kappa shape index (κ2) is 9.11. The summed E-state index contributed by atoms with van der Waals surface area (Å²) in [6.45, 7) is -0.0467. The molecule has 1 aromatic heterocycles. The number of aromatic nitrogens is 1. The zero-order chi connectivity index (χ0) is 23.7. The maximum Gasteiger partial charge on any atom is 0.257 e. The molecule has 34 heavy (non-hydrogen) atoms. The van der Waals surface area contributed by atoms with Crippen molar-refractivity contribution in [2.24, 2.45) is 10.9 Å². The van der Waals surface area contributed by atoms with E-state index in [-0.39, 0.29) is 35.6 Å². The third kappa shape index (κ3) is 4.14. The Balaban J connectivity index is 1.49. The van der Waals surface area contributed by atoms with E-state index < -0.39 is 23.3 Å². The molecular weight excluding hydrogens is 464 g/mol. The van der Waals surface area contributed by atoms with Gasteiger partial charge in [0.05, 0.1) is 6.61 Å². The molecule has 3 unspecified atom stereocenters. The first-order valence-corrected chi connectivity index (χ1v) is 11.5. The van der Waals surface area contributed by atoms with Crippen molar-refractivity contribution in [2.45, 2.75) is 18.1 Å². The van der Waals surface area contributed by atoms with Gasteiger partial charge in [0.25, 0.3) is 5.91 Å². The Morgan fingerprint density at radius 3 is 2.76 bits per heavy atom. The van der Waals surface area contributed by atoms with Gasteiger partial charge in [-0.2, -0.15) is 0 Å². The number of fused-ring (bicyclic) bond motifs is 1. The number of carbonyl (C=O) groups is 2. The molecule has 7 nitrogen and oxygen atoms in total. The van der Waals surface area contributed by atoms with Crippen LogP contribution in [0.3, 0.4) is 0 Å². The van der Waals surface area contributed by atoms with Gasteiger partial charge in [0, 0.05) is 28.9 Å². The lowest BCUT2D eigenvalue weighted by atomic mass is 9.75. The number of benzene rings is 2. The van der Waals surface area contributed by atoms with E-state index in [0.717, 1.165) is 6.07 Å². The summed E-state index contributed by atoms with van der Waals surface area (Å²) < 4.78 is 40.1. The molecule has 2 aromatic carbocycles. The van der Waals surface area contributed by atoms with Gasteiger partial charge in [-0.1, -0.05) is 36.0 Å². The number of ether oxygens (including phenoxy) is 1. The van der Waals surface area contributed by atoms with Crippen molar-refractivity contribution in [2.75, 3.05) is 12.4 Å². The van der Waals surface area contributed by atoms with Gasteiger partial charge in [-0.15, -0.1) is 0 Å². The van der Waals surface area contributed by atoms with Crippen LogP contribution >= 0.6 is 11.8 Å². The smallest absolute Gasteiger partial charge is 0.257 e. The molecule has 0 saturated carbocycles. The molecule has 3 aromatic rings. The van der Waals surface area contributed by atoms with E-state index in [1.54, 1.807) is 24.3 Å². The highest BCUT2D eigenvalue weighted by atomic mass is 32.2. The molecule has 1 amide bonds. The highest BCUT2D eigenvalue weighted by molar-refractivity contribution is 8.13. The normalized spacial score (nSPS) is 24.1. The fraction of sp³-hybridized carbons (Fsp3) is 0.250. The van der Waals surface area contributed by atoms with Crippen molar-refractivity contribution in [1.82, 2.24) is 10.3 Å². The van der Waals surface area contributed by atoms with E-state index in [9.17, 15) is 18.4 Å². The van der Waals surface area contributed by atoms with Crippen LogP contribution in [0.5, 0.6) is 0 Å². The van der Waals surface area contributed by atoms with Crippen molar-refractivity contribution in [1.29, 1.82) is 0 Å². The molecule has 0 bridgehead atoms. The lowest BCUT2D eigenvalue weighted by Gasteiger charge is -2.46. The minimum absolute atomic E-state index is 0.0467. The molecule has 3 atom stereocenters. The van der Waals surface area contributed by atoms with Crippen LogP contribution in [0.25, 0.3) is 0 Å². The van der Waals surface area contributed by atoms with Crippen LogP contribution < -0.4 is 5.32 Å².